The molecule has 0 aromatic rings. The standard InChI is InChI=1S/C10H21NO/c1-9(6-8-11)5-4-7-10(2,3)12/h6,8-9,12H,4-5,7,11H2,1-3H3. The second-order valence-corrected chi connectivity index (χ2v) is 4.07. The fourth-order valence-corrected chi connectivity index (χ4v) is 1.14. The molecule has 72 valence electrons. The van der Waals surface area contributed by atoms with Crippen LogP contribution in [0.2, 0.25) is 0 Å². The summed E-state index contributed by atoms with van der Waals surface area (Å²) in [6, 6.07) is 0. The van der Waals surface area contributed by atoms with E-state index in [1.807, 2.05) is 19.9 Å². The van der Waals surface area contributed by atoms with Crippen LogP contribution in [0.4, 0.5) is 0 Å². The predicted octanol–water partition coefficient (Wildman–Crippen LogP) is 2.04. The van der Waals surface area contributed by atoms with Gasteiger partial charge in [-0.3, -0.25) is 0 Å². The second kappa shape index (κ2) is 5.20. The van der Waals surface area contributed by atoms with Crippen molar-refractivity contribution in [3.05, 3.63) is 12.3 Å². The van der Waals surface area contributed by atoms with Crippen LogP contribution in [0.15, 0.2) is 12.3 Å². The second-order valence-electron chi connectivity index (χ2n) is 4.07. The zero-order valence-electron chi connectivity index (χ0n) is 8.38. The van der Waals surface area contributed by atoms with Crippen LogP contribution < -0.4 is 5.73 Å². The Kier molecular flexibility index (Phi) is 4.98. The lowest BCUT2D eigenvalue weighted by molar-refractivity contribution is 0.0675. The molecule has 0 heterocycles. The minimum Gasteiger partial charge on any atom is -0.405 e. The molecule has 1 unspecified atom stereocenters. The largest absolute Gasteiger partial charge is 0.405 e. The molecule has 2 heteroatoms. The van der Waals surface area contributed by atoms with Gasteiger partial charge in [0.2, 0.25) is 0 Å². The average Bonchev–Trinajstić information content (AvgIpc) is 1.84. The van der Waals surface area contributed by atoms with E-state index in [0.29, 0.717) is 5.92 Å². The van der Waals surface area contributed by atoms with Crippen LogP contribution in [0.1, 0.15) is 40.0 Å². The molecule has 0 spiro atoms. The van der Waals surface area contributed by atoms with Crippen molar-refractivity contribution < 1.29 is 5.11 Å². The zero-order chi connectivity index (χ0) is 9.61. The fraction of sp³-hybridized carbons (Fsp3) is 0.800. The molecule has 0 bridgehead atoms. The Morgan fingerprint density at radius 3 is 2.50 bits per heavy atom. The smallest absolute Gasteiger partial charge is 0.0591 e. The number of aliphatic hydroxyl groups is 1. The van der Waals surface area contributed by atoms with Gasteiger partial charge in [0, 0.05) is 0 Å². The van der Waals surface area contributed by atoms with Gasteiger partial charge in [0.1, 0.15) is 0 Å². The van der Waals surface area contributed by atoms with Gasteiger partial charge in [-0.15, -0.1) is 0 Å². The zero-order valence-corrected chi connectivity index (χ0v) is 8.38. The summed E-state index contributed by atoms with van der Waals surface area (Å²) in [5.74, 6) is 0.525. The Balaban J connectivity index is 3.43. The Labute approximate surface area is 75.5 Å². The van der Waals surface area contributed by atoms with Crippen molar-refractivity contribution in [1.82, 2.24) is 0 Å². The lowest BCUT2D eigenvalue weighted by Gasteiger charge is -2.17. The third kappa shape index (κ3) is 7.61. The summed E-state index contributed by atoms with van der Waals surface area (Å²) in [7, 11) is 0. The molecule has 0 radical (unpaired) electrons. The van der Waals surface area contributed by atoms with Gasteiger partial charge >= 0.3 is 0 Å². The van der Waals surface area contributed by atoms with Crippen LogP contribution in [-0.2, 0) is 0 Å². The Hall–Kier alpha value is -0.500. The minimum atomic E-state index is -0.522. The Morgan fingerprint density at radius 2 is 2.08 bits per heavy atom. The third-order valence-corrected chi connectivity index (χ3v) is 1.89. The molecule has 0 saturated heterocycles. The van der Waals surface area contributed by atoms with Gasteiger partial charge in [-0.25, -0.2) is 0 Å². The first-order chi connectivity index (χ1) is 5.45. The summed E-state index contributed by atoms with van der Waals surface area (Å²) in [6.45, 7) is 5.82. The average molecular weight is 171 g/mol. The van der Waals surface area contributed by atoms with Crippen LogP contribution in [0.5, 0.6) is 0 Å². The van der Waals surface area contributed by atoms with Crippen LogP contribution in [-0.4, -0.2) is 10.7 Å². The molecular formula is C10H21NO. The quantitative estimate of drug-likeness (QED) is 0.665. The van der Waals surface area contributed by atoms with Gasteiger partial charge in [-0.2, -0.15) is 0 Å². The molecule has 0 aliphatic heterocycles. The first-order valence-electron chi connectivity index (χ1n) is 4.56. The summed E-state index contributed by atoms with van der Waals surface area (Å²) in [4.78, 5) is 0. The molecule has 0 aliphatic carbocycles. The minimum absolute atomic E-state index is 0.522. The van der Waals surface area contributed by atoms with Crippen molar-refractivity contribution in [2.45, 2.75) is 45.6 Å². The molecule has 0 aromatic carbocycles. The summed E-state index contributed by atoms with van der Waals surface area (Å²) in [5.41, 5.74) is 4.74. The molecular weight excluding hydrogens is 150 g/mol. The van der Waals surface area contributed by atoms with E-state index in [1.165, 1.54) is 0 Å². The van der Waals surface area contributed by atoms with Gasteiger partial charge < -0.3 is 10.8 Å². The van der Waals surface area contributed by atoms with E-state index in [4.69, 9.17) is 5.73 Å². The summed E-state index contributed by atoms with van der Waals surface area (Å²) >= 11 is 0. The van der Waals surface area contributed by atoms with E-state index in [2.05, 4.69) is 6.92 Å². The molecule has 12 heavy (non-hydrogen) atoms. The highest BCUT2D eigenvalue weighted by Crippen LogP contribution is 2.15. The molecule has 0 saturated carbocycles. The topological polar surface area (TPSA) is 46.2 Å². The van der Waals surface area contributed by atoms with Crippen molar-refractivity contribution in [2.75, 3.05) is 0 Å². The van der Waals surface area contributed by atoms with Crippen molar-refractivity contribution in [2.24, 2.45) is 11.7 Å². The van der Waals surface area contributed by atoms with Gasteiger partial charge in [-0.1, -0.05) is 19.4 Å². The maximum atomic E-state index is 9.42. The lowest BCUT2D eigenvalue weighted by Crippen LogP contribution is -2.18. The molecule has 0 rings (SSSR count). The molecule has 0 fully saturated rings. The van der Waals surface area contributed by atoms with Gasteiger partial charge in [0.15, 0.2) is 0 Å². The monoisotopic (exact) mass is 171 g/mol. The van der Waals surface area contributed by atoms with Crippen molar-refractivity contribution >= 4 is 0 Å². The van der Waals surface area contributed by atoms with E-state index < -0.39 is 5.60 Å². The number of rotatable bonds is 5. The maximum absolute atomic E-state index is 9.42. The van der Waals surface area contributed by atoms with Crippen LogP contribution in [0.25, 0.3) is 0 Å². The molecule has 0 aromatic heterocycles. The van der Waals surface area contributed by atoms with E-state index >= 15 is 0 Å². The van der Waals surface area contributed by atoms with E-state index in [1.54, 1.807) is 6.20 Å². The molecule has 0 aliphatic rings. The third-order valence-electron chi connectivity index (χ3n) is 1.89. The van der Waals surface area contributed by atoms with Crippen LogP contribution in [0.3, 0.4) is 0 Å². The fourth-order valence-electron chi connectivity index (χ4n) is 1.14. The molecule has 2 nitrogen and oxygen atoms in total. The number of hydrogen-bond donors (Lipinski definition) is 2. The highest BCUT2D eigenvalue weighted by Gasteiger charge is 2.11. The normalized spacial score (nSPS) is 15.3. The lowest BCUT2D eigenvalue weighted by atomic mass is 9.97. The van der Waals surface area contributed by atoms with Gasteiger partial charge in [0.05, 0.1) is 5.60 Å². The SMILES string of the molecule is CC(C=CN)CCCC(C)(C)O. The van der Waals surface area contributed by atoms with E-state index in [9.17, 15) is 5.11 Å². The van der Waals surface area contributed by atoms with Crippen molar-refractivity contribution in [1.29, 1.82) is 0 Å². The number of nitrogens with two attached hydrogens (primary N) is 1. The summed E-state index contributed by atoms with van der Waals surface area (Å²) in [5, 5.41) is 9.42. The highest BCUT2D eigenvalue weighted by atomic mass is 16.3. The first-order valence-corrected chi connectivity index (χ1v) is 4.56. The van der Waals surface area contributed by atoms with Crippen molar-refractivity contribution in [3.8, 4) is 0 Å². The molecule has 3 N–H and O–H groups in total. The van der Waals surface area contributed by atoms with Crippen molar-refractivity contribution in [3.63, 3.8) is 0 Å². The Morgan fingerprint density at radius 1 is 1.50 bits per heavy atom. The van der Waals surface area contributed by atoms with E-state index in [0.717, 1.165) is 19.3 Å². The molecule has 0 amide bonds. The maximum Gasteiger partial charge on any atom is 0.0591 e. The van der Waals surface area contributed by atoms with Gasteiger partial charge in [-0.05, 0) is 38.8 Å². The van der Waals surface area contributed by atoms with E-state index in [-0.39, 0.29) is 0 Å². The van der Waals surface area contributed by atoms with Crippen LogP contribution >= 0.6 is 0 Å². The van der Waals surface area contributed by atoms with Crippen LogP contribution in [0, 0.1) is 5.92 Å². The Bertz CT molecular complexity index is 135. The summed E-state index contributed by atoms with van der Waals surface area (Å²) < 4.78 is 0. The van der Waals surface area contributed by atoms with Gasteiger partial charge in [0.25, 0.3) is 0 Å². The number of hydrogen-bond acceptors (Lipinski definition) is 2. The molecule has 1 atom stereocenters. The summed E-state index contributed by atoms with van der Waals surface area (Å²) in [6.07, 6.45) is 6.58. The first kappa shape index (κ1) is 11.5. The predicted molar refractivity (Wildman–Crippen MR) is 52.6 cm³/mol. The highest BCUT2D eigenvalue weighted by molar-refractivity contribution is 4.82. The number of allylic oxidation sites excluding steroid dienone is 1.